The van der Waals surface area contributed by atoms with E-state index in [2.05, 4.69) is 12.2 Å². The van der Waals surface area contributed by atoms with Gasteiger partial charge in [-0.1, -0.05) is 51.2 Å². The highest BCUT2D eigenvalue weighted by Crippen LogP contribution is 2.48. The number of fused-ring (bicyclic) bond motifs is 2. The minimum absolute atomic E-state index is 0.0530. The highest BCUT2D eigenvalue weighted by molar-refractivity contribution is 5.86. The lowest BCUT2D eigenvalue weighted by atomic mass is 9.82. The van der Waals surface area contributed by atoms with E-state index in [0.29, 0.717) is 6.54 Å². The first-order chi connectivity index (χ1) is 10.1. The quantitative estimate of drug-likeness (QED) is 0.507. The van der Waals surface area contributed by atoms with Crippen molar-refractivity contribution in [3.63, 3.8) is 0 Å². The Morgan fingerprint density at radius 2 is 1.67 bits per heavy atom. The first-order valence-corrected chi connectivity index (χ1v) is 8.34. The number of carboxylic acid groups (broad SMARTS) is 1. The molecule has 1 fully saturated rings. The van der Waals surface area contributed by atoms with Gasteiger partial charge >= 0.3 is 5.97 Å². The van der Waals surface area contributed by atoms with E-state index in [1.54, 1.807) is 0 Å². The lowest BCUT2D eigenvalue weighted by Gasteiger charge is -2.23. The van der Waals surface area contributed by atoms with Crippen molar-refractivity contribution >= 4 is 11.9 Å². The summed E-state index contributed by atoms with van der Waals surface area (Å²) in [6, 6.07) is 0. The fourth-order valence-electron chi connectivity index (χ4n) is 3.75. The summed E-state index contributed by atoms with van der Waals surface area (Å²) in [5, 5.41) is 12.3. The molecule has 4 nitrogen and oxygen atoms in total. The second kappa shape index (κ2) is 7.62. The number of unbranched alkanes of at least 4 members (excludes halogenated alkanes) is 5. The molecule has 4 heteroatoms. The summed E-state index contributed by atoms with van der Waals surface area (Å²) in [5.74, 6) is -1.60. The molecule has 0 radical (unpaired) electrons. The van der Waals surface area contributed by atoms with Crippen molar-refractivity contribution < 1.29 is 14.7 Å². The zero-order valence-corrected chi connectivity index (χ0v) is 12.9. The number of nitrogens with one attached hydrogen (secondary N) is 1. The Kier molecular flexibility index (Phi) is 5.83. The standard InChI is InChI=1S/C17H27NO3/c1-2-3-4-5-6-7-10-18-16(19)14-12-8-9-13(11-12)15(14)17(20)21/h8-9,12-15H,2-7,10-11H2,1H3,(H,18,19)(H,20,21)/t12-,13-,14-,15+/m0/s1. The van der Waals surface area contributed by atoms with Crippen molar-refractivity contribution in [1.82, 2.24) is 5.32 Å². The Bertz CT molecular complexity index is 405. The van der Waals surface area contributed by atoms with E-state index in [1.165, 1.54) is 25.7 Å². The van der Waals surface area contributed by atoms with Crippen LogP contribution in [0.2, 0.25) is 0 Å². The fourth-order valence-corrected chi connectivity index (χ4v) is 3.75. The number of hydrogen-bond donors (Lipinski definition) is 2. The second-order valence-electron chi connectivity index (χ2n) is 6.40. The normalized spacial score (nSPS) is 29.8. The molecule has 0 unspecified atom stereocenters. The molecule has 0 spiro atoms. The van der Waals surface area contributed by atoms with Crippen LogP contribution in [-0.2, 0) is 9.59 Å². The van der Waals surface area contributed by atoms with E-state index < -0.39 is 11.9 Å². The van der Waals surface area contributed by atoms with E-state index >= 15 is 0 Å². The molecule has 2 N–H and O–H groups in total. The van der Waals surface area contributed by atoms with Gasteiger partial charge in [-0.25, -0.2) is 0 Å². The first-order valence-electron chi connectivity index (χ1n) is 8.34. The van der Waals surface area contributed by atoms with Crippen molar-refractivity contribution in [2.24, 2.45) is 23.7 Å². The molecule has 0 heterocycles. The molecule has 0 aromatic rings. The molecule has 1 amide bonds. The highest BCUT2D eigenvalue weighted by atomic mass is 16.4. The Morgan fingerprint density at radius 1 is 1.05 bits per heavy atom. The summed E-state index contributed by atoms with van der Waals surface area (Å²) in [6.07, 6.45) is 12.0. The van der Waals surface area contributed by atoms with Gasteiger partial charge in [0.1, 0.15) is 0 Å². The van der Waals surface area contributed by atoms with Crippen molar-refractivity contribution in [1.29, 1.82) is 0 Å². The zero-order chi connectivity index (χ0) is 15.2. The SMILES string of the molecule is CCCCCCCCNC(=O)[C@@H]1[C@H](C(=O)O)[C@H]2C=C[C@H]1C2. The van der Waals surface area contributed by atoms with E-state index in [4.69, 9.17) is 0 Å². The predicted molar refractivity (Wildman–Crippen MR) is 81.7 cm³/mol. The summed E-state index contributed by atoms with van der Waals surface area (Å²) < 4.78 is 0. The molecule has 118 valence electrons. The van der Waals surface area contributed by atoms with Crippen LogP contribution in [0.15, 0.2) is 12.2 Å². The maximum atomic E-state index is 12.3. The van der Waals surface area contributed by atoms with Gasteiger partial charge in [0.15, 0.2) is 0 Å². The number of aliphatic carboxylic acids is 1. The van der Waals surface area contributed by atoms with Crippen LogP contribution in [0.4, 0.5) is 0 Å². The van der Waals surface area contributed by atoms with E-state index in [0.717, 1.165) is 19.3 Å². The number of carbonyl (C=O) groups excluding carboxylic acids is 1. The van der Waals surface area contributed by atoms with Gasteiger partial charge in [-0.2, -0.15) is 0 Å². The topological polar surface area (TPSA) is 66.4 Å². The van der Waals surface area contributed by atoms with E-state index in [-0.39, 0.29) is 23.7 Å². The van der Waals surface area contributed by atoms with Gasteiger partial charge < -0.3 is 10.4 Å². The van der Waals surface area contributed by atoms with Crippen LogP contribution in [0.5, 0.6) is 0 Å². The molecular formula is C17H27NO3. The predicted octanol–water partition coefficient (Wildman–Crippen LogP) is 2.99. The largest absolute Gasteiger partial charge is 0.481 e. The summed E-state index contributed by atoms with van der Waals surface area (Å²) in [5.41, 5.74) is 0. The number of rotatable bonds is 9. The molecule has 2 rings (SSSR count). The van der Waals surface area contributed by atoms with Crippen LogP contribution in [0.3, 0.4) is 0 Å². The van der Waals surface area contributed by atoms with Crippen molar-refractivity contribution in [2.45, 2.75) is 51.9 Å². The Morgan fingerprint density at radius 3 is 2.33 bits per heavy atom. The zero-order valence-electron chi connectivity index (χ0n) is 12.9. The third kappa shape index (κ3) is 3.86. The van der Waals surface area contributed by atoms with Gasteiger partial charge in [-0.05, 0) is 24.7 Å². The van der Waals surface area contributed by atoms with E-state index in [1.807, 2.05) is 12.2 Å². The summed E-state index contributed by atoms with van der Waals surface area (Å²) in [4.78, 5) is 23.6. The molecule has 1 saturated carbocycles. The summed E-state index contributed by atoms with van der Waals surface area (Å²) in [7, 11) is 0. The second-order valence-corrected chi connectivity index (χ2v) is 6.40. The molecule has 2 aliphatic rings. The minimum Gasteiger partial charge on any atom is -0.481 e. The average Bonchev–Trinajstić information content (AvgIpc) is 3.06. The average molecular weight is 293 g/mol. The smallest absolute Gasteiger partial charge is 0.307 e. The van der Waals surface area contributed by atoms with Crippen LogP contribution in [0.1, 0.15) is 51.9 Å². The van der Waals surface area contributed by atoms with Crippen LogP contribution in [0.25, 0.3) is 0 Å². The Hall–Kier alpha value is -1.32. The van der Waals surface area contributed by atoms with Gasteiger partial charge in [-0.3, -0.25) is 9.59 Å². The maximum Gasteiger partial charge on any atom is 0.307 e. The third-order valence-corrected chi connectivity index (χ3v) is 4.88. The maximum absolute atomic E-state index is 12.3. The van der Waals surface area contributed by atoms with Crippen LogP contribution in [0, 0.1) is 23.7 Å². The monoisotopic (exact) mass is 293 g/mol. The van der Waals surface area contributed by atoms with Gasteiger partial charge in [-0.15, -0.1) is 0 Å². The van der Waals surface area contributed by atoms with Gasteiger partial charge in [0.05, 0.1) is 11.8 Å². The number of amides is 1. The molecular weight excluding hydrogens is 266 g/mol. The van der Waals surface area contributed by atoms with Crippen LogP contribution >= 0.6 is 0 Å². The van der Waals surface area contributed by atoms with Gasteiger partial charge in [0, 0.05) is 6.54 Å². The summed E-state index contributed by atoms with van der Waals surface area (Å²) >= 11 is 0. The number of carboxylic acids is 1. The van der Waals surface area contributed by atoms with Crippen LogP contribution in [-0.4, -0.2) is 23.5 Å². The molecule has 4 atom stereocenters. The molecule has 21 heavy (non-hydrogen) atoms. The Labute approximate surface area is 127 Å². The lowest BCUT2D eigenvalue weighted by Crippen LogP contribution is -2.40. The van der Waals surface area contributed by atoms with Crippen LogP contribution < -0.4 is 5.32 Å². The lowest BCUT2D eigenvalue weighted by molar-refractivity contribution is -0.147. The molecule has 2 bridgehead atoms. The van der Waals surface area contributed by atoms with Crippen molar-refractivity contribution in [2.75, 3.05) is 6.54 Å². The molecule has 0 aromatic carbocycles. The van der Waals surface area contributed by atoms with Gasteiger partial charge in [0.25, 0.3) is 0 Å². The highest BCUT2D eigenvalue weighted by Gasteiger charge is 2.51. The van der Waals surface area contributed by atoms with Crippen molar-refractivity contribution in [3.05, 3.63) is 12.2 Å². The number of carbonyl (C=O) groups is 2. The minimum atomic E-state index is -0.827. The first kappa shape index (κ1) is 16.1. The molecule has 0 saturated heterocycles. The van der Waals surface area contributed by atoms with Gasteiger partial charge in [0.2, 0.25) is 5.91 Å². The number of hydrogen-bond acceptors (Lipinski definition) is 2. The molecule has 0 aromatic heterocycles. The molecule has 2 aliphatic carbocycles. The third-order valence-electron chi connectivity index (χ3n) is 4.88. The van der Waals surface area contributed by atoms with Crippen molar-refractivity contribution in [3.8, 4) is 0 Å². The molecule has 0 aliphatic heterocycles. The summed E-state index contributed by atoms with van der Waals surface area (Å²) in [6.45, 7) is 2.87. The fraction of sp³-hybridized carbons (Fsp3) is 0.765. The Balaban J connectivity index is 1.71. The number of allylic oxidation sites excluding steroid dienone is 2. The van der Waals surface area contributed by atoms with E-state index in [9.17, 15) is 14.7 Å².